The monoisotopic (exact) mass is 398 g/mol. The molecule has 3 rings (SSSR count). The first kappa shape index (κ1) is 20.5. The lowest BCUT2D eigenvalue weighted by Gasteiger charge is -2.17. The third-order valence-electron chi connectivity index (χ3n) is 4.31. The fourth-order valence-corrected chi connectivity index (χ4v) is 2.75. The lowest BCUT2D eigenvalue weighted by atomic mass is 10.1. The van der Waals surface area contributed by atoms with Crippen molar-refractivity contribution in [2.45, 2.75) is 18.9 Å². The van der Waals surface area contributed by atoms with Gasteiger partial charge in [0.05, 0.1) is 24.3 Å². The van der Waals surface area contributed by atoms with Gasteiger partial charge >= 0.3 is 0 Å². The molecule has 1 fully saturated rings. The van der Waals surface area contributed by atoms with Gasteiger partial charge in [-0.05, 0) is 56.3 Å². The fraction of sp³-hybridized carbons (Fsp3) is 0.286. The molecule has 2 aromatic rings. The third kappa shape index (κ3) is 6.39. The van der Waals surface area contributed by atoms with Crippen LogP contribution in [0.25, 0.3) is 0 Å². The van der Waals surface area contributed by atoms with Gasteiger partial charge in [0, 0.05) is 11.7 Å². The van der Waals surface area contributed by atoms with Gasteiger partial charge in [0.15, 0.2) is 0 Å². The Morgan fingerprint density at radius 1 is 0.966 bits per heavy atom. The van der Waals surface area contributed by atoms with E-state index < -0.39 is 0 Å². The molecule has 1 saturated carbocycles. The number of hydrogen-bond donors (Lipinski definition) is 3. The number of carbonyl (C=O) groups is 3. The summed E-state index contributed by atoms with van der Waals surface area (Å²) in [5, 5.41) is 8.27. The number of anilines is 2. The van der Waals surface area contributed by atoms with E-state index in [1.807, 2.05) is 0 Å². The Kier molecular flexibility index (Phi) is 6.56. The number of para-hydroxylation sites is 1. The average Bonchev–Trinajstić information content (AvgIpc) is 3.47. The van der Waals surface area contributed by atoms with Crippen LogP contribution in [0.2, 0.25) is 0 Å². The second-order valence-electron chi connectivity index (χ2n) is 7.07. The van der Waals surface area contributed by atoms with Crippen molar-refractivity contribution in [2.24, 2.45) is 0 Å². The summed E-state index contributed by atoms with van der Waals surface area (Å²) in [5.41, 5.74) is 1.31. The first-order valence-corrected chi connectivity index (χ1v) is 9.34. The number of nitrogens with one attached hydrogen (secondary N) is 3. The Morgan fingerprint density at radius 2 is 1.59 bits per heavy atom. The second-order valence-corrected chi connectivity index (χ2v) is 7.07. The van der Waals surface area contributed by atoms with Crippen molar-refractivity contribution < 1.29 is 18.8 Å². The summed E-state index contributed by atoms with van der Waals surface area (Å²) in [5.74, 6) is -1.26. The van der Waals surface area contributed by atoms with Crippen molar-refractivity contribution in [3.05, 3.63) is 59.9 Å². The van der Waals surface area contributed by atoms with E-state index in [9.17, 15) is 18.8 Å². The van der Waals surface area contributed by atoms with Crippen LogP contribution < -0.4 is 16.0 Å². The molecule has 3 N–H and O–H groups in total. The van der Waals surface area contributed by atoms with Crippen molar-refractivity contribution in [3.63, 3.8) is 0 Å². The van der Waals surface area contributed by atoms with Crippen LogP contribution in [0.5, 0.6) is 0 Å². The Hall–Kier alpha value is -3.26. The molecule has 0 aromatic heterocycles. The van der Waals surface area contributed by atoms with Crippen LogP contribution in [0, 0.1) is 5.82 Å². The van der Waals surface area contributed by atoms with Crippen molar-refractivity contribution >= 4 is 29.1 Å². The molecule has 2 aromatic carbocycles. The van der Waals surface area contributed by atoms with E-state index in [0.29, 0.717) is 16.9 Å². The predicted molar refractivity (Wildman–Crippen MR) is 108 cm³/mol. The highest BCUT2D eigenvalue weighted by Crippen LogP contribution is 2.21. The first-order valence-electron chi connectivity index (χ1n) is 9.34. The summed E-state index contributed by atoms with van der Waals surface area (Å²) in [7, 11) is 1.63. The number of rotatable bonds is 8. The lowest BCUT2D eigenvalue weighted by molar-refractivity contribution is -0.119. The summed E-state index contributed by atoms with van der Waals surface area (Å²) < 4.78 is 12.9. The van der Waals surface area contributed by atoms with Crippen LogP contribution in [0.15, 0.2) is 48.5 Å². The molecule has 29 heavy (non-hydrogen) atoms. The molecule has 0 atom stereocenters. The number of benzene rings is 2. The van der Waals surface area contributed by atoms with E-state index in [2.05, 4.69) is 16.0 Å². The predicted octanol–water partition coefficient (Wildman–Crippen LogP) is 2.23. The number of carbonyl (C=O) groups excluding carboxylic acids is 3. The van der Waals surface area contributed by atoms with Gasteiger partial charge in [-0.15, -0.1) is 0 Å². The topological polar surface area (TPSA) is 90.5 Å². The van der Waals surface area contributed by atoms with E-state index in [4.69, 9.17) is 0 Å². The van der Waals surface area contributed by atoms with Gasteiger partial charge in [-0.1, -0.05) is 12.1 Å². The van der Waals surface area contributed by atoms with Crippen LogP contribution in [0.3, 0.4) is 0 Å². The molecule has 0 bridgehead atoms. The maximum absolute atomic E-state index is 12.9. The maximum Gasteiger partial charge on any atom is 0.253 e. The van der Waals surface area contributed by atoms with Gasteiger partial charge < -0.3 is 16.0 Å². The first-order chi connectivity index (χ1) is 13.9. The Labute approximate surface area is 168 Å². The van der Waals surface area contributed by atoms with Crippen molar-refractivity contribution in [1.29, 1.82) is 0 Å². The summed E-state index contributed by atoms with van der Waals surface area (Å²) >= 11 is 0. The molecule has 0 aliphatic heterocycles. The van der Waals surface area contributed by atoms with Gasteiger partial charge in [0.2, 0.25) is 11.8 Å². The highest BCUT2D eigenvalue weighted by atomic mass is 19.1. The van der Waals surface area contributed by atoms with Gasteiger partial charge in [-0.25, -0.2) is 4.39 Å². The smallest absolute Gasteiger partial charge is 0.253 e. The van der Waals surface area contributed by atoms with E-state index in [1.54, 1.807) is 36.2 Å². The fourth-order valence-electron chi connectivity index (χ4n) is 2.75. The van der Waals surface area contributed by atoms with Crippen molar-refractivity contribution in [2.75, 3.05) is 30.8 Å². The zero-order valence-electron chi connectivity index (χ0n) is 16.1. The Bertz CT molecular complexity index is 897. The standard InChI is InChI=1S/C21H23FN4O3/c1-26(12-19(27)23-15-8-6-14(22)7-9-15)13-20(28)25-18-5-3-2-4-17(18)21(29)24-16-10-11-16/h2-9,16H,10-13H2,1H3,(H,23,27)(H,24,29)(H,25,28). The number of halogens is 1. The summed E-state index contributed by atoms with van der Waals surface area (Å²) in [4.78, 5) is 38.3. The molecule has 3 amide bonds. The van der Waals surface area contributed by atoms with Gasteiger partial charge in [0.25, 0.3) is 5.91 Å². The average molecular weight is 398 g/mol. The minimum atomic E-state index is -0.386. The van der Waals surface area contributed by atoms with Gasteiger partial charge in [-0.2, -0.15) is 0 Å². The summed E-state index contributed by atoms with van der Waals surface area (Å²) in [6.45, 7) is -0.0516. The Morgan fingerprint density at radius 3 is 2.24 bits per heavy atom. The van der Waals surface area contributed by atoms with E-state index in [0.717, 1.165) is 12.8 Å². The number of hydrogen-bond acceptors (Lipinski definition) is 4. The molecule has 0 unspecified atom stereocenters. The minimum Gasteiger partial charge on any atom is -0.349 e. The highest BCUT2D eigenvalue weighted by Gasteiger charge is 2.25. The van der Waals surface area contributed by atoms with Gasteiger partial charge in [0.1, 0.15) is 5.82 Å². The molecular weight excluding hydrogens is 375 g/mol. The van der Waals surface area contributed by atoms with E-state index in [-0.39, 0.29) is 42.7 Å². The lowest BCUT2D eigenvalue weighted by Crippen LogP contribution is -2.36. The summed E-state index contributed by atoms with van der Waals surface area (Å²) in [6, 6.07) is 12.5. The summed E-state index contributed by atoms with van der Waals surface area (Å²) in [6.07, 6.45) is 1.95. The van der Waals surface area contributed by atoms with E-state index in [1.165, 1.54) is 24.3 Å². The number of amides is 3. The molecule has 0 radical (unpaired) electrons. The van der Waals surface area contributed by atoms with Gasteiger partial charge in [-0.3, -0.25) is 19.3 Å². The quantitative estimate of drug-likeness (QED) is 0.636. The normalized spacial score (nSPS) is 13.1. The molecule has 0 heterocycles. The SMILES string of the molecule is CN(CC(=O)Nc1ccc(F)cc1)CC(=O)Nc1ccccc1C(=O)NC1CC1. The second kappa shape index (κ2) is 9.29. The molecular formula is C21H23FN4O3. The molecule has 0 spiro atoms. The number of nitrogens with zero attached hydrogens (tertiary/aromatic N) is 1. The highest BCUT2D eigenvalue weighted by molar-refractivity contribution is 6.04. The third-order valence-corrected chi connectivity index (χ3v) is 4.31. The van der Waals surface area contributed by atoms with Crippen LogP contribution in [0.1, 0.15) is 23.2 Å². The van der Waals surface area contributed by atoms with Crippen LogP contribution in [0.4, 0.5) is 15.8 Å². The molecule has 7 nitrogen and oxygen atoms in total. The zero-order valence-corrected chi connectivity index (χ0v) is 16.1. The minimum absolute atomic E-state index is 0.0192. The largest absolute Gasteiger partial charge is 0.349 e. The van der Waals surface area contributed by atoms with Crippen LogP contribution >= 0.6 is 0 Å². The molecule has 1 aliphatic rings. The molecule has 0 saturated heterocycles. The molecule has 1 aliphatic carbocycles. The maximum atomic E-state index is 12.9. The van der Waals surface area contributed by atoms with Crippen molar-refractivity contribution in [1.82, 2.24) is 10.2 Å². The Balaban J connectivity index is 1.50. The van der Waals surface area contributed by atoms with Crippen LogP contribution in [-0.2, 0) is 9.59 Å². The zero-order chi connectivity index (χ0) is 20.8. The van der Waals surface area contributed by atoms with E-state index >= 15 is 0 Å². The number of likely N-dealkylation sites (N-methyl/N-ethyl adjacent to an activating group) is 1. The molecule has 8 heteroatoms. The van der Waals surface area contributed by atoms with Crippen LogP contribution in [-0.4, -0.2) is 48.8 Å². The van der Waals surface area contributed by atoms with Crippen molar-refractivity contribution in [3.8, 4) is 0 Å². The molecule has 152 valence electrons.